The number of hydrogen-bond acceptors (Lipinski definition) is 1. The Labute approximate surface area is 68.4 Å². The SMILES string of the molecule is C[SiH2]c1ccc(NC=O)cc1. The number of amides is 1. The Morgan fingerprint density at radius 3 is 2.45 bits per heavy atom. The Hall–Kier alpha value is -1.09. The van der Waals surface area contributed by atoms with Gasteiger partial charge in [0.05, 0.1) is 9.52 Å². The molecule has 0 unspecified atom stereocenters. The number of nitrogens with one attached hydrogen (secondary N) is 1. The summed E-state index contributed by atoms with van der Waals surface area (Å²) in [4.78, 5) is 10.0. The van der Waals surface area contributed by atoms with Crippen molar-refractivity contribution in [1.82, 2.24) is 0 Å². The molecule has 0 saturated heterocycles. The average Bonchev–Trinajstić information content (AvgIpc) is 2.07. The third-order valence-corrected chi connectivity index (χ3v) is 2.88. The summed E-state index contributed by atoms with van der Waals surface area (Å²) < 4.78 is 0. The zero-order chi connectivity index (χ0) is 8.10. The molecule has 2 nitrogen and oxygen atoms in total. The number of rotatable bonds is 3. The first-order chi connectivity index (χ1) is 5.36. The molecule has 0 atom stereocenters. The molecule has 1 amide bonds. The molecule has 0 bridgehead atoms. The van der Waals surface area contributed by atoms with Crippen LogP contribution in [0.25, 0.3) is 0 Å². The lowest BCUT2D eigenvalue weighted by molar-refractivity contribution is -0.105. The molecule has 0 spiro atoms. The second-order valence-corrected chi connectivity index (χ2v) is 3.84. The van der Waals surface area contributed by atoms with Crippen LogP contribution in [0, 0.1) is 0 Å². The summed E-state index contributed by atoms with van der Waals surface area (Å²) in [7, 11) is -0.0548. The average molecular weight is 165 g/mol. The van der Waals surface area contributed by atoms with Gasteiger partial charge in [-0.3, -0.25) is 4.79 Å². The van der Waals surface area contributed by atoms with Gasteiger partial charge in [-0.1, -0.05) is 23.9 Å². The van der Waals surface area contributed by atoms with Crippen LogP contribution in [0.15, 0.2) is 24.3 Å². The van der Waals surface area contributed by atoms with E-state index in [4.69, 9.17) is 0 Å². The molecule has 0 radical (unpaired) electrons. The maximum absolute atomic E-state index is 10.0. The van der Waals surface area contributed by atoms with Gasteiger partial charge in [0, 0.05) is 5.69 Å². The lowest BCUT2D eigenvalue weighted by Crippen LogP contribution is -2.09. The third-order valence-electron chi connectivity index (χ3n) is 1.59. The molecule has 0 heterocycles. The van der Waals surface area contributed by atoms with Crippen LogP contribution >= 0.6 is 0 Å². The zero-order valence-electron chi connectivity index (χ0n) is 6.50. The normalized spacial score (nSPS) is 10.3. The summed E-state index contributed by atoms with van der Waals surface area (Å²) in [6, 6.07) is 8.00. The molecular weight excluding hydrogens is 154 g/mol. The van der Waals surface area contributed by atoms with Crippen molar-refractivity contribution in [3.63, 3.8) is 0 Å². The van der Waals surface area contributed by atoms with Crippen LogP contribution < -0.4 is 10.5 Å². The lowest BCUT2D eigenvalue weighted by Gasteiger charge is -1.98. The Morgan fingerprint density at radius 2 is 2.00 bits per heavy atom. The molecule has 0 aromatic heterocycles. The van der Waals surface area contributed by atoms with Crippen molar-refractivity contribution in [2.75, 3.05) is 5.32 Å². The van der Waals surface area contributed by atoms with Crippen molar-refractivity contribution in [3.05, 3.63) is 24.3 Å². The predicted molar refractivity (Wildman–Crippen MR) is 50.2 cm³/mol. The smallest absolute Gasteiger partial charge is 0.211 e. The van der Waals surface area contributed by atoms with Crippen LogP contribution in [0.2, 0.25) is 6.55 Å². The summed E-state index contributed by atoms with van der Waals surface area (Å²) in [5.74, 6) is 0. The molecule has 58 valence electrons. The van der Waals surface area contributed by atoms with E-state index in [0.29, 0.717) is 6.41 Å². The number of benzene rings is 1. The fourth-order valence-electron chi connectivity index (χ4n) is 0.905. The van der Waals surface area contributed by atoms with Gasteiger partial charge < -0.3 is 5.32 Å². The van der Waals surface area contributed by atoms with E-state index in [0.717, 1.165) is 5.69 Å². The van der Waals surface area contributed by atoms with Crippen molar-refractivity contribution in [2.24, 2.45) is 0 Å². The number of carbonyl (C=O) groups excluding carboxylic acids is 1. The maximum Gasteiger partial charge on any atom is 0.211 e. The number of carbonyl (C=O) groups is 1. The van der Waals surface area contributed by atoms with Crippen molar-refractivity contribution in [2.45, 2.75) is 6.55 Å². The summed E-state index contributed by atoms with van der Waals surface area (Å²) in [6.07, 6.45) is 0.693. The number of hydrogen-bond donors (Lipinski definition) is 1. The van der Waals surface area contributed by atoms with Crippen molar-refractivity contribution < 1.29 is 4.79 Å². The first-order valence-electron chi connectivity index (χ1n) is 3.66. The minimum absolute atomic E-state index is 0.0548. The van der Waals surface area contributed by atoms with E-state index in [1.54, 1.807) is 0 Å². The second-order valence-electron chi connectivity index (χ2n) is 2.31. The summed E-state index contributed by atoms with van der Waals surface area (Å²) in [5.41, 5.74) is 0.867. The molecule has 0 aliphatic rings. The van der Waals surface area contributed by atoms with Gasteiger partial charge in [-0.2, -0.15) is 0 Å². The van der Waals surface area contributed by atoms with Crippen LogP contribution in [0.4, 0.5) is 5.69 Å². The van der Waals surface area contributed by atoms with Gasteiger partial charge in [0.25, 0.3) is 0 Å². The molecule has 0 fully saturated rings. The summed E-state index contributed by atoms with van der Waals surface area (Å²) in [6.45, 7) is 2.24. The standard InChI is InChI=1S/C8H11NOSi/c1-11-8-4-2-7(3-5-8)9-6-10/h2-6H,11H2,1H3,(H,9,10). The minimum Gasteiger partial charge on any atom is -0.329 e. The molecule has 11 heavy (non-hydrogen) atoms. The fourth-order valence-corrected chi connectivity index (χ4v) is 1.61. The molecule has 0 aliphatic heterocycles. The third kappa shape index (κ3) is 2.20. The van der Waals surface area contributed by atoms with Crippen molar-refractivity contribution in [3.8, 4) is 0 Å². The van der Waals surface area contributed by atoms with Gasteiger partial charge in [-0.25, -0.2) is 0 Å². The maximum atomic E-state index is 10.0. The Balaban J connectivity index is 2.74. The lowest BCUT2D eigenvalue weighted by atomic mass is 10.3. The van der Waals surface area contributed by atoms with E-state index < -0.39 is 0 Å². The van der Waals surface area contributed by atoms with Crippen molar-refractivity contribution >= 4 is 26.8 Å². The van der Waals surface area contributed by atoms with E-state index in [-0.39, 0.29) is 9.52 Å². The van der Waals surface area contributed by atoms with Gasteiger partial charge in [0.1, 0.15) is 0 Å². The Bertz CT molecular complexity index is 232. The van der Waals surface area contributed by atoms with Crippen LogP contribution in [0.3, 0.4) is 0 Å². The fraction of sp³-hybridized carbons (Fsp3) is 0.125. The highest BCUT2D eigenvalue weighted by atomic mass is 28.2. The van der Waals surface area contributed by atoms with Gasteiger partial charge in [0.15, 0.2) is 0 Å². The molecule has 3 heteroatoms. The molecule has 1 aromatic carbocycles. The topological polar surface area (TPSA) is 29.1 Å². The van der Waals surface area contributed by atoms with Crippen LogP contribution in [0.5, 0.6) is 0 Å². The number of anilines is 1. The van der Waals surface area contributed by atoms with E-state index in [2.05, 4.69) is 24.0 Å². The van der Waals surface area contributed by atoms with Gasteiger partial charge in [-0.15, -0.1) is 0 Å². The highest BCUT2D eigenvalue weighted by Crippen LogP contribution is 2.01. The molecular formula is C8H11NOSi. The van der Waals surface area contributed by atoms with Crippen molar-refractivity contribution in [1.29, 1.82) is 0 Å². The van der Waals surface area contributed by atoms with Crippen LogP contribution in [-0.4, -0.2) is 15.9 Å². The second kappa shape index (κ2) is 3.93. The highest BCUT2D eigenvalue weighted by molar-refractivity contribution is 6.51. The first kappa shape index (κ1) is 8.01. The van der Waals surface area contributed by atoms with Gasteiger partial charge in [-0.05, 0) is 12.1 Å². The zero-order valence-corrected chi connectivity index (χ0v) is 7.92. The van der Waals surface area contributed by atoms with E-state index >= 15 is 0 Å². The summed E-state index contributed by atoms with van der Waals surface area (Å²) >= 11 is 0. The molecule has 0 saturated carbocycles. The Morgan fingerprint density at radius 1 is 1.36 bits per heavy atom. The largest absolute Gasteiger partial charge is 0.329 e. The molecule has 0 aliphatic carbocycles. The summed E-state index contributed by atoms with van der Waals surface area (Å²) in [5, 5.41) is 4.01. The van der Waals surface area contributed by atoms with E-state index in [9.17, 15) is 4.79 Å². The highest BCUT2D eigenvalue weighted by Gasteiger charge is 1.89. The minimum atomic E-state index is -0.0548. The quantitative estimate of drug-likeness (QED) is 0.499. The first-order valence-corrected chi connectivity index (χ1v) is 5.78. The van der Waals surface area contributed by atoms with Crippen LogP contribution in [0.1, 0.15) is 0 Å². The molecule has 1 rings (SSSR count). The van der Waals surface area contributed by atoms with E-state index in [1.807, 2.05) is 12.1 Å². The molecule has 1 N–H and O–H groups in total. The molecule has 1 aromatic rings. The van der Waals surface area contributed by atoms with Crippen LogP contribution in [-0.2, 0) is 4.79 Å². The van der Waals surface area contributed by atoms with Gasteiger partial charge in [0.2, 0.25) is 6.41 Å². The van der Waals surface area contributed by atoms with E-state index in [1.165, 1.54) is 5.19 Å². The monoisotopic (exact) mass is 165 g/mol. The Kier molecular flexibility index (Phi) is 2.86. The van der Waals surface area contributed by atoms with Gasteiger partial charge >= 0.3 is 0 Å². The predicted octanol–water partition coefficient (Wildman–Crippen LogP) is 0.0971.